The van der Waals surface area contributed by atoms with Gasteiger partial charge in [-0.05, 0) is 32.0 Å². The minimum Gasteiger partial charge on any atom is -0.487 e. The number of hydrogen-bond donors (Lipinski definition) is 1. The molecule has 108 valence electrons. The molecule has 0 aliphatic carbocycles. The van der Waals surface area contributed by atoms with E-state index in [1.165, 1.54) is 6.07 Å². The Bertz CT molecular complexity index is 525. The van der Waals surface area contributed by atoms with Gasteiger partial charge in [-0.1, -0.05) is 13.0 Å². The van der Waals surface area contributed by atoms with E-state index in [1.807, 2.05) is 13.8 Å². The predicted molar refractivity (Wildman–Crippen MR) is 75.6 cm³/mol. The minimum absolute atomic E-state index is 0.0577. The number of nitro benzene ring substituents is 1. The van der Waals surface area contributed by atoms with E-state index in [0.717, 1.165) is 5.56 Å². The van der Waals surface area contributed by atoms with Crippen LogP contribution in [-0.4, -0.2) is 23.6 Å². The van der Waals surface area contributed by atoms with Crippen LogP contribution in [0.15, 0.2) is 18.2 Å². The van der Waals surface area contributed by atoms with Gasteiger partial charge in [-0.2, -0.15) is 5.26 Å². The van der Waals surface area contributed by atoms with Crippen molar-refractivity contribution < 1.29 is 9.66 Å². The van der Waals surface area contributed by atoms with Crippen LogP contribution >= 0.6 is 0 Å². The van der Waals surface area contributed by atoms with Crippen LogP contribution in [0, 0.1) is 28.4 Å². The van der Waals surface area contributed by atoms with Gasteiger partial charge in [0.2, 0.25) is 0 Å². The molecule has 0 bridgehead atoms. The third kappa shape index (κ3) is 4.21. The molecule has 0 spiro atoms. The molecular weight excluding hydrogens is 258 g/mol. The normalized spacial score (nSPS) is 13.3. The number of ether oxygens (including phenoxy) is 1. The fourth-order valence-electron chi connectivity index (χ4n) is 1.83. The summed E-state index contributed by atoms with van der Waals surface area (Å²) in [6.07, 6.45) is 0.447. The lowest BCUT2D eigenvalue weighted by atomic mass is 10.0. The first-order valence-corrected chi connectivity index (χ1v) is 6.46. The molecule has 6 heteroatoms. The topological polar surface area (TPSA) is 88.2 Å². The summed E-state index contributed by atoms with van der Waals surface area (Å²) in [5.74, 6) is 0.242. The van der Waals surface area contributed by atoms with E-state index in [9.17, 15) is 10.1 Å². The van der Waals surface area contributed by atoms with E-state index in [-0.39, 0.29) is 18.0 Å². The van der Waals surface area contributed by atoms with Crippen molar-refractivity contribution in [3.8, 4) is 11.8 Å². The average Bonchev–Trinajstić information content (AvgIpc) is 2.38. The number of aryl methyl sites for hydroxylation is 1. The van der Waals surface area contributed by atoms with E-state index >= 15 is 0 Å². The Morgan fingerprint density at radius 1 is 1.55 bits per heavy atom. The molecule has 1 unspecified atom stereocenters. The van der Waals surface area contributed by atoms with Crippen molar-refractivity contribution in [3.63, 3.8) is 0 Å². The number of nitro groups is 1. The molecule has 1 N–H and O–H groups in total. The Morgan fingerprint density at radius 2 is 2.25 bits per heavy atom. The van der Waals surface area contributed by atoms with Gasteiger partial charge in [0.1, 0.15) is 5.54 Å². The molecule has 0 heterocycles. The summed E-state index contributed by atoms with van der Waals surface area (Å²) in [4.78, 5) is 10.4. The quantitative estimate of drug-likeness (QED) is 0.611. The van der Waals surface area contributed by atoms with Gasteiger partial charge in [0.05, 0.1) is 17.6 Å². The standard InChI is InChI=1S/C14H19N3O3/c1-4-16-14(3,10-15)7-8-20-13-9-11(2)5-6-12(13)17(18)19/h5-6,9,16H,4,7-8H2,1-3H3. The summed E-state index contributed by atoms with van der Waals surface area (Å²) in [6.45, 7) is 6.46. The molecule has 1 aromatic carbocycles. The van der Waals surface area contributed by atoms with Gasteiger partial charge in [0.25, 0.3) is 0 Å². The molecule has 0 aromatic heterocycles. The average molecular weight is 277 g/mol. The van der Waals surface area contributed by atoms with Crippen molar-refractivity contribution in [2.24, 2.45) is 0 Å². The molecule has 1 rings (SSSR count). The van der Waals surface area contributed by atoms with Crippen LogP contribution in [0.4, 0.5) is 5.69 Å². The zero-order valence-electron chi connectivity index (χ0n) is 12.0. The van der Waals surface area contributed by atoms with Crippen molar-refractivity contribution in [2.45, 2.75) is 32.7 Å². The fourth-order valence-corrected chi connectivity index (χ4v) is 1.83. The lowest BCUT2D eigenvalue weighted by Gasteiger charge is -2.22. The smallest absolute Gasteiger partial charge is 0.310 e. The second-order valence-corrected chi connectivity index (χ2v) is 4.80. The molecule has 0 aliphatic rings. The summed E-state index contributed by atoms with van der Waals surface area (Å²) in [5, 5.41) is 23.1. The lowest BCUT2D eigenvalue weighted by Crippen LogP contribution is -2.42. The molecule has 6 nitrogen and oxygen atoms in total. The maximum absolute atomic E-state index is 10.9. The van der Waals surface area contributed by atoms with Gasteiger partial charge in [-0.3, -0.25) is 15.4 Å². The summed E-state index contributed by atoms with van der Waals surface area (Å²) in [5.41, 5.74) is 0.144. The Morgan fingerprint density at radius 3 is 2.80 bits per heavy atom. The molecule has 1 aromatic rings. The van der Waals surface area contributed by atoms with Gasteiger partial charge in [0, 0.05) is 12.5 Å². The largest absolute Gasteiger partial charge is 0.487 e. The predicted octanol–water partition coefficient (Wildman–Crippen LogP) is 2.56. The summed E-state index contributed by atoms with van der Waals surface area (Å²) in [7, 11) is 0. The van der Waals surface area contributed by atoms with Crippen molar-refractivity contribution >= 4 is 5.69 Å². The number of rotatable bonds is 7. The highest BCUT2D eigenvalue weighted by molar-refractivity contribution is 5.48. The number of benzene rings is 1. The fraction of sp³-hybridized carbons (Fsp3) is 0.500. The van der Waals surface area contributed by atoms with Crippen molar-refractivity contribution in [3.05, 3.63) is 33.9 Å². The first-order chi connectivity index (χ1) is 9.41. The van der Waals surface area contributed by atoms with Gasteiger partial charge in [-0.15, -0.1) is 0 Å². The minimum atomic E-state index is -0.687. The molecule has 0 saturated heterocycles. The highest BCUT2D eigenvalue weighted by Crippen LogP contribution is 2.28. The lowest BCUT2D eigenvalue weighted by molar-refractivity contribution is -0.385. The second-order valence-electron chi connectivity index (χ2n) is 4.80. The van der Waals surface area contributed by atoms with Gasteiger partial charge in [0.15, 0.2) is 5.75 Å². The molecule has 0 amide bonds. The number of hydrogen-bond acceptors (Lipinski definition) is 5. The summed E-state index contributed by atoms with van der Waals surface area (Å²) >= 11 is 0. The third-order valence-corrected chi connectivity index (χ3v) is 2.99. The monoisotopic (exact) mass is 277 g/mol. The Labute approximate surface area is 118 Å². The second kappa shape index (κ2) is 6.87. The Kier molecular flexibility index (Phi) is 5.47. The van der Waals surface area contributed by atoms with Crippen molar-refractivity contribution in [2.75, 3.05) is 13.2 Å². The van der Waals surface area contributed by atoms with E-state index < -0.39 is 10.5 Å². The van der Waals surface area contributed by atoms with Gasteiger partial charge in [-0.25, -0.2) is 0 Å². The van der Waals surface area contributed by atoms with Gasteiger partial charge >= 0.3 is 5.69 Å². The molecule has 20 heavy (non-hydrogen) atoms. The zero-order chi connectivity index (χ0) is 15.2. The molecule has 1 atom stereocenters. The highest BCUT2D eigenvalue weighted by atomic mass is 16.6. The molecule has 0 aliphatic heterocycles. The first kappa shape index (κ1) is 15.9. The first-order valence-electron chi connectivity index (χ1n) is 6.46. The van der Waals surface area contributed by atoms with Crippen LogP contribution < -0.4 is 10.1 Å². The number of nitrogens with zero attached hydrogens (tertiary/aromatic N) is 2. The van der Waals surface area contributed by atoms with Gasteiger partial charge < -0.3 is 4.74 Å². The van der Waals surface area contributed by atoms with Crippen molar-refractivity contribution in [1.29, 1.82) is 5.26 Å². The van der Waals surface area contributed by atoms with Crippen LogP contribution in [0.2, 0.25) is 0 Å². The van der Waals surface area contributed by atoms with E-state index in [0.29, 0.717) is 13.0 Å². The van der Waals surface area contributed by atoms with Crippen molar-refractivity contribution in [1.82, 2.24) is 5.32 Å². The summed E-state index contributed by atoms with van der Waals surface area (Å²) in [6, 6.07) is 6.92. The molecule has 0 radical (unpaired) electrons. The maximum atomic E-state index is 10.9. The Balaban J connectivity index is 2.73. The molecule has 0 saturated carbocycles. The van der Waals surface area contributed by atoms with Crippen LogP contribution in [-0.2, 0) is 0 Å². The summed E-state index contributed by atoms with van der Waals surface area (Å²) < 4.78 is 5.49. The zero-order valence-corrected chi connectivity index (χ0v) is 12.0. The Hall–Kier alpha value is -2.13. The number of nitriles is 1. The van der Waals surface area contributed by atoms with E-state index in [2.05, 4.69) is 11.4 Å². The molecule has 0 fully saturated rings. The van der Waals surface area contributed by atoms with Crippen LogP contribution in [0.3, 0.4) is 0 Å². The maximum Gasteiger partial charge on any atom is 0.310 e. The van der Waals surface area contributed by atoms with Crippen LogP contribution in [0.5, 0.6) is 5.75 Å². The number of nitrogens with one attached hydrogen (secondary N) is 1. The van der Waals surface area contributed by atoms with E-state index in [1.54, 1.807) is 19.1 Å². The highest BCUT2D eigenvalue weighted by Gasteiger charge is 2.23. The van der Waals surface area contributed by atoms with E-state index in [4.69, 9.17) is 10.00 Å². The van der Waals surface area contributed by atoms with Crippen LogP contribution in [0.1, 0.15) is 25.8 Å². The molecular formula is C14H19N3O3. The SMILES string of the molecule is CCNC(C)(C#N)CCOc1cc(C)ccc1[N+](=O)[O-]. The van der Waals surface area contributed by atoms with Crippen LogP contribution in [0.25, 0.3) is 0 Å². The third-order valence-electron chi connectivity index (χ3n) is 2.99.